The maximum Gasteiger partial charge on any atom is 0.209 e. The van der Waals surface area contributed by atoms with Crippen molar-refractivity contribution in [3.05, 3.63) is 59.2 Å². The van der Waals surface area contributed by atoms with Gasteiger partial charge in [-0.15, -0.1) is 5.10 Å². The number of aryl methyl sites for hydroxylation is 2. The van der Waals surface area contributed by atoms with E-state index in [1.807, 2.05) is 25.2 Å². The smallest absolute Gasteiger partial charge is 0.209 e. The van der Waals surface area contributed by atoms with E-state index in [0.29, 0.717) is 13.2 Å². The van der Waals surface area contributed by atoms with Crippen LogP contribution in [0.15, 0.2) is 47.6 Å². The zero-order chi connectivity index (χ0) is 19.8. The standard InChI is InChI=1S/C20H25N5O2S/c1-15-6-4-7-16(12-15)14-27-19-17(8-5-9-18(19)26-3)13-21-10-11-28-20-22-23-24-25(20)2/h4-9,12,21H,10-11,13-14H2,1-3H3. The highest BCUT2D eigenvalue weighted by atomic mass is 32.2. The molecule has 0 spiro atoms. The number of hydrogen-bond acceptors (Lipinski definition) is 7. The Kier molecular flexibility index (Phi) is 7.27. The van der Waals surface area contributed by atoms with Crippen LogP contribution in [0.5, 0.6) is 11.5 Å². The summed E-state index contributed by atoms with van der Waals surface area (Å²) < 4.78 is 13.3. The molecule has 0 atom stereocenters. The van der Waals surface area contributed by atoms with Crippen LogP contribution in [-0.4, -0.2) is 39.6 Å². The Morgan fingerprint density at radius 2 is 2.04 bits per heavy atom. The molecule has 0 saturated heterocycles. The molecule has 1 N–H and O–H groups in total. The molecule has 2 aromatic carbocycles. The Hall–Kier alpha value is -2.58. The number of nitrogens with zero attached hydrogens (tertiary/aromatic N) is 4. The normalized spacial score (nSPS) is 10.8. The Bertz CT molecular complexity index is 900. The Morgan fingerprint density at radius 3 is 2.79 bits per heavy atom. The second kappa shape index (κ2) is 10.1. The van der Waals surface area contributed by atoms with E-state index in [4.69, 9.17) is 9.47 Å². The van der Waals surface area contributed by atoms with Crippen LogP contribution in [0.1, 0.15) is 16.7 Å². The number of nitrogens with one attached hydrogen (secondary N) is 1. The molecule has 0 aliphatic heterocycles. The van der Waals surface area contributed by atoms with Gasteiger partial charge in [-0.1, -0.05) is 53.7 Å². The fraction of sp³-hybridized carbons (Fsp3) is 0.350. The third kappa shape index (κ3) is 5.46. The molecule has 0 unspecified atom stereocenters. The summed E-state index contributed by atoms with van der Waals surface area (Å²) in [5.41, 5.74) is 3.43. The molecule has 3 aromatic rings. The Labute approximate surface area is 169 Å². The van der Waals surface area contributed by atoms with Crippen LogP contribution in [-0.2, 0) is 20.2 Å². The first-order chi connectivity index (χ1) is 13.7. The molecule has 148 valence electrons. The van der Waals surface area contributed by atoms with Crippen LogP contribution in [0, 0.1) is 6.92 Å². The quantitative estimate of drug-likeness (QED) is 0.415. The molecule has 0 fully saturated rings. The van der Waals surface area contributed by atoms with Crippen molar-refractivity contribution < 1.29 is 9.47 Å². The molecule has 3 rings (SSSR count). The van der Waals surface area contributed by atoms with E-state index in [0.717, 1.165) is 40.1 Å². The van der Waals surface area contributed by atoms with Crippen LogP contribution in [0.2, 0.25) is 0 Å². The predicted molar refractivity (Wildman–Crippen MR) is 110 cm³/mol. The number of methoxy groups -OCH3 is 1. The molecule has 0 radical (unpaired) electrons. The van der Waals surface area contributed by atoms with Crippen molar-refractivity contribution in [3.8, 4) is 11.5 Å². The largest absolute Gasteiger partial charge is 0.493 e. The molecule has 0 aliphatic carbocycles. The average molecular weight is 400 g/mol. The summed E-state index contributed by atoms with van der Waals surface area (Å²) in [6.07, 6.45) is 0. The molecule has 0 bridgehead atoms. The van der Waals surface area contributed by atoms with Gasteiger partial charge in [-0.25, -0.2) is 4.68 Å². The first kappa shape index (κ1) is 20.2. The van der Waals surface area contributed by atoms with Gasteiger partial charge in [0.15, 0.2) is 11.5 Å². The maximum atomic E-state index is 6.13. The first-order valence-corrected chi connectivity index (χ1v) is 10.1. The van der Waals surface area contributed by atoms with Gasteiger partial charge in [-0.3, -0.25) is 0 Å². The number of benzene rings is 2. The van der Waals surface area contributed by atoms with Gasteiger partial charge < -0.3 is 14.8 Å². The van der Waals surface area contributed by atoms with Crippen molar-refractivity contribution in [3.63, 3.8) is 0 Å². The molecule has 8 heteroatoms. The fourth-order valence-corrected chi connectivity index (χ4v) is 3.51. The van der Waals surface area contributed by atoms with Crippen molar-refractivity contribution in [2.45, 2.75) is 25.2 Å². The Morgan fingerprint density at radius 1 is 1.18 bits per heavy atom. The monoisotopic (exact) mass is 399 g/mol. The Balaban J connectivity index is 1.56. The van der Waals surface area contributed by atoms with Crippen molar-refractivity contribution in [2.24, 2.45) is 7.05 Å². The number of para-hydroxylation sites is 1. The minimum atomic E-state index is 0.504. The summed E-state index contributed by atoms with van der Waals surface area (Å²) in [4.78, 5) is 0. The van der Waals surface area contributed by atoms with Gasteiger partial charge in [0, 0.05) is 31.5 Å². The molecule has 1 heterocycles. The van der Waals surface area contributed by atoms with E-state index in [1.165, 1.54) is 5.56 Å². The summed E-state index contributed by atoms with van der Waals surface area (Å²) in [5.74, 6) is 2.40. The minimum Gasteiger partial charge on any atom is -0.493 e. The number of thioether (sulfide) groups is 1. The average Bonchev–Trinajstić information content (AvgIpc) is 3.11. The van der Waals surface area contributed by atoms with Crippen LogP contribution >= 0.6 is 11.8 Å². The number of hydrogen-bond donors (Lipinski definition) is 1. The second-order valence-corrected chi connectivity index (χ2v) is 7.40. The zero-order valence-corrected chi connectivity index (χ0v) is 17.2. The van der Waals surface area contributed by atoms with Crippen molar-refractivity contribution in [2.75, 3.05) is 19.4 Å². The highest BCUT2D eigenvalue weighted by Gasteiger charge is 2.11. The molecule has 7 nitrogen and oxygen atoms in total. The topological polar surface area (TPSA) is 74.1 Å². The van der Waals surface area contributed by atoms with Crippen molar-refractivity contribution in [1.82, 2.24) is 25.5 Å². The van der Waals surface area contributed by atoms with E-state index in [2.05, 4.69) is 52.0 Å². The number of rotatable bonds is 10. The van der Waals surface area contributed by atoms with E-state index in [-0.39, 0.29) is 0 Å². The molecular weight excluding hydrogens is 374 g/mol. The van der Waals surface area contributed by atoms with Gasteiger partial charge in [-0.2, -0.15) is 0 Å². The van der Waals surface area contributed by atoms with Crippen molar-refractivity contribution >= 4 is 11.8 Å². The maximum absolute atomic E-state index is 6.13. The van der Waals surface area contributed by atoms with Crippen LogP contribution in [0.3, 0.4) is 0 Å². The third-order valence-electron chi connectivity index (χ3n) is 4.15. The highest BCUT2D eigenvalue weighted by Crippen LogP contribution is 2.32. The van der Waals surface area contributed by atoms with E-state index in [1.54, 1.807) is 23.6 Å². The van der Waals surface area contributed by atoms with Gasteiger partial charge in [0.1, 0.15) is 6.61 Å². The van der Waals surface area contributed by atoms with E-state index >= 15 is 0 Å². The summed E-state index contributed by atoms with van der Waals surface area (Å²) in [7, 11) is 3.50. The van der Waals surface area contributed by atoms with E-state index < -0.39 is 0 Å². The minimum absolute atomic E-state index is 0.504. The molecule has 28 heavy (non-hydrogen) atoms. The number of aromatic nitrogens is 4. The van der Waals surface area contributed by atoms with Crippen molar-refractivity contribution in [1.29, 1.82) is 0 Å². The molecule has 0 aliphatic rings. The van der Waals surface area contributed by atoms with Crippen LogP contribution in [0.25, 0.3) is 0 Å². The highest BCUT2D eigenvalue weighted by molar-refractivity contribution is 7.99. The first-order valence-electron chi connectivity index (χ1n) is 9.07. The third-order valence-corrected chi connectivity index (χ3v) is 5.17. The van der Waals surface area contributed by atoms with Gasteiger partial charge in [-0.05, 0) is 29.0 Å². The SMILES string of the molecule is COc1cccc(CNCCSc2nnnn2C)c1OCc1cccc(C)c1. The fourth-order valence-electron chi connectivity index (χ4n) is 2.76. The lowest BCUT2D eigenvalue weighted by Crippen LogP contribution is -2.17. The lowest BCUT2D eigenvalue weighted by Gasteiger charge is -2.16. The number of tetrazole rings is 1. The summed E-state index contributed by atoms with van der Waals surface area (Å²) in [6.45, 7) is 4.10. The van der Waals surface area contributed by atoms with Gasteiger partial charge in [0.2, 0.25) is 5.16 Å². The van der Waals surface area contributed by atoms with E-state index in [9.17, 15) is 0 Å². The summed E-state index contributed by atoms with van der Waals surface area (Å²) in [6, 6.07) is 14.3. The zero-order valence-electron chi connectivity index (χ0n) is 16.4. The molecule has 0 saturated carbocycles. The van der Waals surface area contributed by atoms with Crippen LogP contribution in [0.4, 0.5) is 0 Å². The summed E-state index contributed by atoms with van der Waals surface area (Å²) in [5, 5.41) is 15.7. The molecular formula is C20H25N5O2S. The second-order valence-electron chi connectivity index (χ2n) is 6.34. The lowest BCUT2D eigenvalue weighted by atomic mass is 10.1. The number of ether oxygens (including phenoxy) is 2. The predicted octanol–water partition coefficient (Wildman–Crippen LogP) is 2.99. The van der Waals surface area contributed by atoms with Gasteiger partial charge in [0.05, 0.1) is 7.11 Å². The van der Waals surface area contributed by atoms with Gasteiger partial charge >= 0.3 is 0 Å². The molecule has 0 amide bonds. The molecule has 1 aromatic heterocycles. The lowest BCUT2D eigenvalue weighted by molar-refractivity contribution is 0.280. The van der Waals surface area contributed by atoms with Gasteiger partial charge in [0.25, 0.3) is 0 Å². The summed E-state index contributed by atoms with van der Waals surface area (Å²) >= 11 is 1.62. The van der Waals surface area contributed by atoms with Crippen LogP contribution < -0.4 is 14.8 Å².